The number of carbonyl (C=O) groups excluding carboxylic acids is 3. The van der Waals surface area contributed by atoms with Crippen molar-refractivity contribution in [1.82, 2.24) is 15.6 Å². The van der Waals surface area contributed by atoms with E-state index in [9.17, 15) is 75.3 Å². The van der Waals surface area contributed by atoms with Crippen molar-refractivity contribution in [3.05, 3.63) is 36.0 Å². The molecule has 25 heteroatoms. The highest BCUT2D eigenvalue weighted by Crippen LogP contribution is 2.38. The van der Waals surface area contributed by atoms with Crippen LogP contribution in [0.3, 0.4) is 0 Å². The number of para-hydroxylation sites is 1. The number of carboxylic acid groups (broad SMARTS) is 1. The molecule has 1 aromatic carbocycles. The minimum Gasteiger partial charge on any atom is -0.506 e. The quantitative estimate of drug-likeness (QED) is 0.0378. The monoisotopic (exact) mass is 973 g/mol. The summed E-state index contributed by atoms with van der Waals surface area (Å²) in [6.45, 7) is -1.90. The zero-order valence-electron chi connectivity index (χ0n) is 37.4. The maximum Gasteiger partial charge on any atom is 0.364 e. The van der Waals surface area contributed by atoms with Crippen LogP contribution in [0.1, 0.15) is 68.8 Å². The molecule has 5 rings (SSSR count). The van der Waals surface area contributed by atoms with Gasteiger partial charge in [-0.05, 0) is 25.0 Å². The first-order chi connectivity index (χ1) is 32.4. The Morgan fingerprint density at radius 3 is 2.12 bits per heavy atom. The third-order valence-electron chi connectivity index (χ3n) is 12.0. The number of ether oxygens (including phenoxy) is 7. The van der Waals surface area contributed by atoms with Crippen LogP contribution < -0.4 is 10.6 Å². The number of rotatable bonds is 23. The number of nitrogens with zero attached hydrogens (tertiary/aromatic N) is 1. The molecule has 2 amide bonds. The van der Waals surface area contributed by atoms with Gasteiger partial charge >= 0.3 is 11.9 Å². The van der Waals surface area contributed by atoms with E-state index in [1.807, 2.05) is 0 Å². The van der Waals surface area contributed by atoms with Crippen LogP contribution in [-0.2, 0) is 47.5 Å². The molecule has 3 aliphatic heterocycles. The average Bonchev–Trinajstić information content (AvgIpc) is 3.32. The summed E-state index contributed by atoms with van der Waals surface area (Å²) in [4.78, 5) is 54.8. The van der Waals surface area contributed by atoms with Gasteiger partial charge in [0.25, 0.3) is 11.7 Å². The van der Waals surface area contributed by atoms with Gasteiger partial charge in [-0.25, -0.2) is 9.78 Å². The number of aliphatic hydroxyl groups excluding tert-OH is 9. The summed E-state index contributed by atoms with van der Waals surface area (Å²) in [5.41, 5.74) is -0.146. The van der Waals surface area contributed by atoms with Crippen LogP contribution in [0.25, 0.3) is 10.9 Å². The second-order valence-electron chi connectivity index (χ2n) is 16.8. The predicted molar refractivity (Wildman–Crippen MR) is 227 cm³/mol. The summed E-state index contributed by atoms with van der Waals surface area (Å²) < 4.78 is 40.0. The lowest BCUT2D eigenvalue weighted by Gasteiger charge is -2.51. The van der Waals surface area contributed by atoms with Gasteiger partial charge in [0.1, 0.15) is 84.0 Å². The molecule has 11 unspecified atom stereocenters. The van der Waals surface area contributed by atoms with Crippen molar-refractivity contribution in [2.45, 2.75) is 156 Å². The SMILES string of the molecule is COC(=O)CCCCCCCCO[C@@H]1OC(CO)[C@H](O)C(OC2OC(CO)[C@@H](O)C(O[C@]3(C(=O)O)CC(O)[C@@H](NC(C)=O)C(C(O)C(O)CO)O3)C2O)C1NC(=O)c1ccc2cccc(O)c2n1. The van der Waals surface area contributed by atoms with Crippen LogP contribution in [0.2, 0.25) is 0 Å². The van der Waals surface area contributed by atoms with E-state index in [4.69, 9.17) is 28.4 Å². The molecule has 0 spiro atoms. The number of aromatic nitrogens is 1. The fourth-order valence-electron chi connectivity index (χ4n) is 8.32. The highest BCUT2D eigenvalue weighted by molar-refractivity contribution is 5.96. The van der Waals surface area contributed by atoms with Gasteiger partial charge in [0.05, 0.1) is 39.1 Å². The number of methoxy groups -OCH3 is 1. The topological polar surface area (TPSA) is 392 Å². The van der Waals surface area contributed by atoms with Gasteiger partial charge < -0.3 is 100.0 Å². The number of phenols is 1. The lowest BCUT2D eigenvalue weighted by Crippen LogP contribution is -2.71. The van der Waals surface area contributed by atoms with Crippen molar-refractivity contribution >= 4 is 34.7 Å². The van der Waals surface area contributed by atoms with Gasteiger partial charge in [-0.1, -0.05) is 43.9 Å². The number of hydrogen-bond acceptors (Lipinski definition) is 22. The van der Waals surface area contributed by atoms with E-state index in [0.29, 0.717) is 31.1 Å². The number of aromatic hydroxyl groups is 1. The number of fused-ring (bicyclic) bond motifs is 1. The molecule has 2 aromatic rings. The molecule has 25 nitrogen and oxygen atoms in total. The maximum atomic E-state index is 14.0. The molecular formula is C43H63N3O22. The zero-order chi connectivity index (χ0) is 49.9. The number of benzene rings is 1. The molecule has 0 aliphatic carbocycles. The van der Waals surface area contributed by atoms with Gasteiger partial charge in [-0.15, -0.1) is 0 Å². The van der Waals surface area contributed by atoms with E-state index in [1.165, 1.54) is 25.3 Å². The number of nitrogens with one attached hydrogen (secondary N) is 2. The molecule has 3 saturated heterocycles. The van der Waals surface area contributed by atoms with Crippen LogP contribution in [0.5, 0.6) is 5.75 Å². The van der Waals surface area contributed by atoms with Crippen molar-refractivity contribution < 1.29 is 109 Å². The van der Waals surface area contributed by atoms with Gasteiger partial charge in [0.2, 0.25) is 5.91 Å². The smallest absolute Gasteiger partial charge is 0.364 e. The molecule has 68 heavy (non-hydrogen) atoms. The molecule has 3 fully saturated rings. The van der Waals surface area contributed by atoms with E-state index in [0.717, 1.165) is 26.2 Å². The van der Waals surface area contributed by atoms with E-state index in [-0.39, 0.29) is 29.5 Å². The second kappa shape index (κ2) is 25.0. The van der Waals surface area contributed by atoms with Crippen molar-refractivity contribution in [1.29, 1.82) is 0 Å². The van der Waals surface area contributed by atoms with E-state index >= 15 is 0 Å². The molecule has 0 radical (unpaired) electrons. The third-order valence-corrected chi connectivity index (χ3v) is 12.0. The van der Waals surface area contributed by atoms with Crippen molar-refractivity contribution in [2.24, 2.45) is 0 Å². The third kappa shape index (κ3) is 13.1. The minimum absolute atomic E-state index is 0.0104. The Bertz CT molecular complexity index is 1980. The van der Waals surface area contributed by atoms with Gasteiger partial charge in [-0.3, -0.25) is 14.4 Å². The molecule has 4 heterocycles. The molecule has 1 aromatic heterocycles. The van der Waals surface area contributed by atoms with Crippen LogP contribution in [0.4, 0.5) is 0 Å². The number of unbranched alkanes of at least 4 members (excludes halogenated alkanes) is 5. The Kier molecular flexibility index (Phi) is 20.1. The largest absolute Gasteiger partial charge is 0.506 e. The lowest BCUT2D eigenvalue weighted by atomic mass is 9.88. The molecule has 382 valence electrons. The second-order valence-corrected chi connectivity index (χ2v) is 16.8. The Labute approximate surface area is 389 Å². The molecule has 3 aliphatic rings. The highest BCUT2D eigenvalue weighted by atomic mass is 16.8. The lowest BCUT2D eigenvalue weighted by molar-refractivity contribution is -0.381. The number of phenolic OH excluding ortho intramolecular Hbond substituents is 1. The number of carboxylic acids is 1. The van der Waals surface area contributed by atoms with Crippen molar-refractivity contribution in [3.8, 4) is 5.75 Å². The number of esters is 1. The van der Waals surface area contributed by atoms with Crippen LogP contribution in [0.15, 0.2) is 30.3 Å². The average molecular weight is 974 g/mol. The zero-order valence-corrected chi connectivity index (χ0v) is 37.4. The number of aliphatic hydroxyl groups is 9. The summed E-state index contributed by atoms with van der Waals surface area (Å²) >= 11 is 0. The first kappa shape index (κ1) is 54.6. The van der Waals surface area contributed by atoms with E-state index in [1.54, 1.807) is 12.1 Å². The normalized spacial score (nSPS) is 32.8. The van der Waals surface area contributed by atoms with E-state index in [2.05, 4.69) is 20.4 Å². The number of pyridine rings is 1. The Balaban J connectivity index is 1.43. The molecule has 0 bridgehead atoms. The first-order valence-corrected chi connectivity index (χ1v) is 22.2. The molecular weight excluding hydrogens is 910 g/mol. The van der Waals surface area contributed by atoms with E-state index < -0.39 is 142 Å². The highest BCUT2D eigenvalue weighted by Gasteiger charge is 2.60. The molecule has 16 atom stereocenters. The predicted octanol–water partition coefficient (Wildman–Crippen LogP) is -3.60. The van der Waals surface area contributed by atoms with Crippen molar-refractivity contribution in [3.63, 3.8) is 0 Å². The van der Waals surface area contributed by atoms with Gasteiger partial charge in [0, 0.05) is 31.8 Å². The fraction of sp³-hybridized carbons (Fsp3) is 0.698. The number of amides is 2. The Morgan fingerprint density at radius 2 is 1.49 bits per heavy atom. The number of hydrogen-bond donors (Lipinski definition) is 13. The number of carbonyl (C=O) groups is 4. The number of aliphatic carboxylic acids is 1. The Morgan fingerprint density at radius 1 is 0.838 bits per heavy atom. The van der Waals surface area contributed by atoms with Crippen molar-refractivity contribution in [2.75, 3.05) is 33.5 Å². The summed E-state index contributed by atoms with van der Waals surface area (Å²) in [5, 5.41) is 124. The van der Waals surface area contributed by atoms with Crippen LogP contribution in [0, 0.1) is 0 Å². The maximum absolute atomic E-state index is 14.0. The summed E-state index contributed by atoms with van der Waals surface area (Å²) in [7, 11) is 1.32. The first-order valence-electron chi connectivity index (χ1n) is 22.2. The molecule has 0 saturated carbocycles. The summed E-state index contributed by atoms with van der Waals surface area (Å²) in [6, 6.07) is 4.31. The summed E-state index contributed by atoms with van der Waals surface area (Å²) in [6.07, 6.45) is -21.8. The minimum atomic E-state index is -3.11. The molecule has 13 N–H and O–H groups in total. The fourth-order valence-corrected chi connectivity index (χ4v) is 8.32. The van der Waals surface area contributed by atoms with Gasteiger partial charge in [-0.2, -0.15) is 0 Å². The summed E-state index contributed by atoms with van der Waals surface area (Å²) in [5.74, 6) is -7.31. The standard InChI is InChI=1S/C43H63N3O22/c1-20(50)44-30-24(52)16-43(42(60)61,67-37(30)32(55)25(53)17-47)68-38-34(57)27(19-49)65-41(35(38)58)66-36-31(46-39(59)22-14-13-21-10-9-11-23(51)29(21)45-22)40(64-26(18-48)33(36)56)63-15-8-6-4-3-5-7-12-28(54)62-2/h9-11,13-14,24-27,30-38,40-41,47-49,51-53,55-58H,3-8,12,15-19H2,1-2H3,(H,44,50)(H,46,59)(H,60,61)/t24?,25?,26?,27?,30-,31?,32?,33+,34-,35?,36?,37?,38?,40-,41?,43+/m1/s1. The van der Waals surface area contributed by atoms with Gasteiger partial charge in [0.15, 0.2) is 12.6 Å². The van der Waals surface area contributed by atoms with Crippen LogP contribution in [-0.4, -0.2) is 216 Å². The van der Waals surface area contributed by atoms with Crippen LogP contribution >= 0.6 is 0 Å². The Hall–Kier alpha value is -4.29.